The summed E-state index contributed by atoms with van der Waals surface area (Å²) in [4.78, 5) is 14.8. The molecule has 0 aromatic heterocycles. The molecule has 0 saturated carbocycles. The minimum atomic E-state index is -0.0270. The van der Waals surface area contributed by atoms with E-state index in [0.29, 0.717) is 6.54 Å². The van der Waals surface area contributed by atoms with Crippen LogP contribution >= 0.6 is 0 Å². The predicted octanol–water partition coefficient (Wildman–Crippen LogP) is 2.02. The average Bonchev–Trinajstić information content (AvgIpc) is 2.54. The van der Waals surface area contributed by atoms with Gasteiger partial charge in [-0.3, -0.25) is 9.69 Å². The first-order chi connectivity index (χ1) is 10.3. The Morgan fingerprint density at radius 1 is 1.29 bits per heavy atom. The Bertz CT molecular complexity index is 416. The molecule has 0 spiro atoms. The van der Waals surface area contributed by atoms with Crippen LogP contribution in [0.2, 0.25) is 0 Å². The Labute approximate surface area is 127 Å². The summed E-state index contributed by atoms with van der Waals surface area (Å²) in [6.07, 6.45) is 1.91. The first kappa shape index (κ1) is 16.0. The Morgan fingerprint density at radius 2 is 2.00 bits per heavy atom. The lowest BCUT2D eigenvalue weighted by atomic mass is 9.94. The second kappa shape index (κ2) is 8.80. The van der Waals surface area contributed by atoms with Crippen LogP contribution in [0.25, 0.3) is 0 Å². The maximum atomic E-state index is 12.4. The van der Waals surface area contributed by atoms with Crippen molar-refractivity contribution in [3.63, 3.8) is 0 Å². The van der Waals surface area contributed by atoms with E-state index in [1.807, 2.05) is 30.3 Å². The van der Waals surface area contributed by atoms with Gasteiger partial charge in [-0.2, -0.15) is 0 Å². The first-order valence-electron chi connectivity index (χ1n) is 7.94. The van der Waals surface area contributed by atoms with Crippen molar-refractivity contribution in [3.05, 3.63) is 35.9 Å². The third-order valence-electron chi connectivity index (χ3n) is 3.93. The molecule has 2 rings (SSSR count). The smallest absolute Gasteiger partial charge is 0.227 e. The molecule has 4 heteroatoms. The summed E-state index contributed by atoms with van der Waals surface area (Å²) < 4.78 is 5.33. The van der Waals surface area contributed by atoms with Crippen molar-refractivity contribution in [1.29, 1.82) is 0 Å². The normalized spacial score (nSPS) is 17.4. The van der Waals surface area contributed by atoms with Crippen LogP contribution in [-0.2, 0) is 9.53 Å². The van der Waals surface area contributed by atoms with Gasteiger partial charge in [0.2, 0.25) is 5.91 Å². The lowest BCUT2D eigenvalue weighted by Gasteiger charge is -2.27. The summed E-state index contributed by atoms with van der Waals surface area (Å²) in [5, 5.41) is 3.09. The third kappa shape index (κ3) is 5.14. The number of carbonyl (C=O) groups is 1. The number of nitrogens with zero attached hydrogens (tertiary/aromatic N) is 1. The zero-order chi connectivity index (χ0) is 14.9. The molecule has 1 N–H and O–H groups in total. The molecule has 1 fully saturated rings. The number of amides is 1. The van der Waals surface area contributed by atoms with Crippen molar-refractivity contribution >= 4 is 5.91 Å². The Hall–Kier alpha value is -1.39. The molecule has 1 aliphatic heterocycles. The monoisotopic (exact) mass is 290 g/mol. The van der Waals surface area contributed by atoms with Gasteiger partial charge in [0.15, 0.2) is 0 Å². The van der Waals surface area contributed by atoms with Crippen molar-refractivity contribution < 1.29 is 9.53 Å². The van der Waals surface area contributed by atoms with E-state index >= 15 is 0 Å². The summed E-state index contributed by atoms with van der Waals surface area (Å²) in [5.74, 6) is 0.122. The maximum Gasteiger partial charge on any atom is 0.227 e. The molecule has 1 aromatic rings. The molecule has 0 aliphatic carbocycles. The molecule has 21 heavy (non-hydrogen) atoms. The molecule has 1 aromatic carbocycles. The zero-order valence-corrected chi connectivity index (χ0v) is 12.9. The van der Waals surface area contributed by atoms with E-state index in [0.717, 1.165) is 51.3 Å². The number of nitrogens with one attached hydrogen (secondary N) is 1. The Balaban J connectivity index is 1.81. The number of ether oxygens (including phenoxy) is 1. The molecule has 4 nitrogen and oxygen atoms in total. The van der Waals surface area contributed by atoms with E-state index in [-0.39, 0.29) is 11.8 Å². The van der Waals surface area contributed by atoms with E-state index < -0.39 is 0 Å². The molecular weight excluding hydrogens is 264 g/mol. The number of rotatable bonds is 7. The van der Waals surface area contributed by atoms with Gasteiger partial charge in [-0.15, -0.1) is 0 Å². The quantitative estimate of drug-likeness (QED) is 0.835. The Morgan fingerprint density at radius 3 is 2.67 bits per heavy atom. The molecular formula is C17H26N2O2. The third-order valence-corrected chi connectivity index (χ3v) is 3.93. The minimum Gasteiger partial charge on any atom is -0.379 e. The van der Waals surface area contributed by atoms with Gasteiger partial charge in [0.1, 0.15) is 0 Å². The fourth-order valence-corrected chi connectivity index (χ4v) is 2.71. The molecule has 0 bridgehead atoms. The first-order valence-corrected chi connectivity index (χ1v) is 7.94. The SMILES string of the molecule is CCCC(C(=O)NCCN1CCOCC1)c1ccccc1. The molecule has 1 atom stereocenters. The van der Waals surface area contributed by atoms with Gasteiger partial charge in [-0.1, -0.05) is 43.7 Å². The largest absolute Gasteiger partial charge is 0.379 e. The number of benzene rings is 1. The van der Waals surface area contributed by atoms with Gasteiger partial charge in [-0.25, -0.2) is 0 Å². The topological polar surface area (TPSA) is 41.6 Å². The van der Waals surface area contributed by atoms with Crippen LogP contribution in [0.15, 0.2) is 30.3 Å². The molecule has 1 heterocycles. The highest BCUT2D eigenvalue weighted by Gasteiger charge is 2.19. The van der Waals surface area contributed by atoms with Gasteiger partial charge >= 0.3 is 0 Å². The van der Waals surface area contributed by atoms with Gasteiger partial charge in [0.05, 0.1) is 19.1 Å². The molecule has 1 amide bonds. The van der Waals surface area contributed by atoms with Crippen LogP contribution in [0.1, 0.15) is 31.2 Å². The van der Waals surface area contributed by atoms with Gasteiger partial charge in [0.25, 0.3) is 0 Å². The van der Waals surface area contributed by atoms with Crippen LogP contribution in [0.3, 0.4) is 0 Å². The summed E-state index contributed by atoms with van der Waals surface area (Å²) in [6, 6.07) is 10.1. The minimum absolute atomic E-state index is 0.0270. The molecule has 0 radical (unpaired) electrons. The number of carbonyl (C=O) groups excluding carboxylic acids is 1. The van der Waals surface area contributed by atoms with E-state index in [9.17, 15) is 4.79 Å². The van der Waals surface area contributed by atoms with Crippen LogP contribution in [-0.4, -0.2) is 50.2 Å². The highest BCUT2D eigenvalue weighted by molar-refractivity contribution is 5.83. The lowest BCUT2D eigenvalue weighted by Crippen LogP contribution is -2.42. The van der Waals surface area contributed by atoms with Crippen LogP contribution in [0.4, 0.5) is 0 Å². The highest BCUT2D eigenvalue weighted by atomic mass is 16.5. The predicted molar refractivity (Wildman–Crippen MR) is 84.4 cm³/mol. The number of hydrogen-bond donors (Lipinski definition) is 1. The zero-order valence-electron chi connectivity index (χ0n) is 12.9. The van der Waals surface area contributed by atoms with Crippen LogP contribution in [0, 0.1) is 0 Å². The van der Waals surface area contributed by atoms with Crippen molar-refractivity contribution in [1.82, 2.24) is 10.2 Å². The van der Waals surface area contributed by atoms with Crippen LogP contribution in [0.5, 0.6) is 0 Å². The molecule has 116 valence electrons. The summed E-state index contributed by atoms with van der Waals surface area (Å²) in [5.41, 5.74) is 1.11. The molecule has 1 aliphatic rings. The summed E-state index contributed by atoms with van der Waals surface area (Å²) in [6.45, 7) is 7.28. The fraction of sp³-hybridized carbons (Fsp3) is 0.588. The van der Waals surface area contributed by atoms with Crippen molar-refractivity contribution in [3.8, 4) is 0 Å². The second-order valence-corrected chi connectivity index (χ2v) is 5.50. The van der Waals surface area contributed by atoms with Crippen molar-refractivity contribution in [2.24, 2.45) is 0 Å². The van der Waals surface area contributed by atoms with E-state index in [2.05, 4.69) is 17.1 Å². The number of hydrogen-bond acceptors (Lipinski definition) is 3. The standard InChI is InChI=1S/C17H26N2O2/c1-2-6-16(15-7-4-3-5-8-15)17(20)18-9-10-19-11-13-21-14-12-19/h3-5,7-8,16H,2,6,9-14H2,1H3,(H,18,20). The highest BCUT2D eigenvalue weighted by Crippen LogP contribution is 2.21. The van der Waals surface area contributed by atoms with E-state index in [1.54, 1.807) is 0 Å². The molecule has 1 saturated heterocycles. The maximum absolute atomic E-state index is 12.4. The van der Waals surface area contributed by atoms with Gasteiger partial charge in [-0.05, 0) is 12.0 Å². The van der Waals surface area contributed by atoms with E-state index in [1.165, 1.54) is 0 Å². The van der Waals surface area contributed by atoms with Gasteiger partial charge in [0, 0.05) is 26.2 Å². The average molecular weight is 290 g/mol. The van der Waals surface area contributed by atoms with Gasteiger partial charge < -0.3 is 10.1 Å². The number of morpholine rings is 1. The lowest BCUT2D eigenvalue weighted by molar-refractivity contribution is -0.122. The van der Waals surface area contributed by atoms with Crippen molar-refractivity contribution in [2.45, 2.75) is 25.7 Å². The fourth-order valence-electron chi connectivity index (χ4n) is 2.71. The van der Waals surface area contributed by atoms with Crippen LogP contribution < -0.4 is 5.32 Å². The Kier molecular flexibility index (Phi) is 6.70. The summed E-state index contributed by atoms with van der Waals surface area (Å²) in [7, 11) is 0. The molecule has 1 unspecified atom stereocenters. The van der Waals surface area contributed by atoms with E-state index in [4.69, 9.17) is 4.74 Å². The summed E-state index contributed by atoms with van der Waals surface area (Å²) >= 11 is 0. The van der Waals surface area contributed by atoms with Crippen molar-refractivity contribution in [2.75, 3.05) is 39.4 Å². The second-order valence-electron chi connectivity index (χ2n) is 5.50.